The summed E-state index contributed by atoms with van der Waals surface area (Å²) in [6.45, 7) is 0.264. The van der Waals surface area contributed by atoms with Crippen LogP contribution in [0.3, 0.4) is 0 Å². The molecule has 1 aliphatic rings. The second-order valence-electron chi connectivity index (χ2n) is 4.76. The summed E-state index contributed by atoms with van der Waals surface area (Å²) in [5.74, 6) is -0.988. The zero-order valence-corrected chi connectivity index (χ0v) is 11.8. The summed E-state index contributed by atoms with van der Waals surface area (Å²) >= 11 is 3.12. The van der Waals surface area contributed by atoms with Crippen LogP contribution in [0, 0.1) is 11.6 Å². The van der Waals surface area contributed by atoms with Crippen molar-refractivity contribution < 1.29 is 13.5 Å². The predicted molar refractivity (Wildman–Crippen MR) is 69.8 cm³/mol. The Balaban J connectivity index is 2.60. The van der Waals surface area contributed by atoms with Crippen LogP contribution in [0.2, 0.25) is 0 Å². The smallest absolute Gasteiger partial charge is 0.147 e. The molecular formula is C13H16BrF2NO. The van der Waals surface area contributed by atoms with Crippen molar-refractivity contribution in [2.75, 3.05) is 13.7 Å². The van der Waals surface area contributed by atoms with Crippen LogP contribution in [-0.4, -0.2) is 13.7 Å². The highest BCUT2D eigenvalue weighted by Crippen LogP contribution is 2.45. The number of hydrogen-bond donors (Lipinski definition) is 1. The summed E-state index contributed by atoms with van der Waals surface area (Å²) in [7, 11) is 1.38. The molecular weight excluding hydrogens is 304 g/mol. The third kappa shape index (κ3) is 2.03. The molecule has 2 nitrogen and oxygen atoms in total. The molecule has 18 heavy (non-hydrogen) atoms. The predicted octanol–water partition coefficient (Wildman–Crippen LogP) is 3.51. The van der Waals surface area contributed by atoms with Crippen LogP contribution in [0.5, 0.6) is 5.75 Å². The van der Waals surface area contributed by atoms with Gasteiger partial charge in [-0.25, -0.2) is 8.78 Å². The fourth-order valence-corrected chi connectivity index (χ4v) is 3.29. The van der Waals surface area contributed by atoms with Crippen LogP contribution < -0.4 is 10.5 Å². The Bertz CT molecular complexity index is 459. The lowest BCUT2D eigenvalue weighted by Gasteiger charge is -2.29. The first-order chi connectivity index (χ1) is 8.55. The van der Waals surface area contributed by atoms with Crippen molar-refractivity contribution in [2.24, 2.45) is 5.73 Å². The fraction of sp³-hybridized carbons (Fsp3) is 0.538. The Morgan fingerprint density at radius 1 is 1.39 bits per heavy atom. The minimum atomic E-state index is -0.584. The summed E-state index contributed by atoms with van der Waals surface area (Å²) in [5, 5.41) is 0. The minimum absolute atomic E-state index is 0.107. The molecule has 1 fully saturated rings. The summed E-state index contributed by atoms with van der Waals surface area (Å²) in [6.07, 6.45) is 3.38. The van der Waals surface area contributed by atoms with E-state index in [0.29, 0.717) is 0 Å². The largest absolute Gasteiger partial charge is 0.495 e. The third-order valence-corrected chi connectivity index (χ3v) is 4.57. The van der Waals surface area contributed by atoms with E-state index in [1.807, 2.05) is 0 Å². The molecule has 0 unspecified atom stereocenters. The van der Waals surface area contributed by atoms with Gasteiger partial charge in [0.05, 0.1) is 11.6 Å². The van der Waals surface area contributed by atoms with Crippen LogP contribution in [0.15, 0.2) is 10.5 Å². The number of benzene rings is 1. The van der Waals surface area contributed by atoms with Gasteiger partial charge in [-0.05, 0) is 28.8 Å². The molecule has 0 aliphatic heterocycles. The van der Waals surface area contributed by atoms with Crippen LogP contribution >= 0.6 is 15.9 Å². The van der Waals surface area contributed by atoms with Crippen molar-refractivity contribution in [2.45, 2.75) is 31.1 Å². The normalized spacial score (nSPS) is 18.1. The van der Waals surface area contributed by atoms with Gasteiger partial charge in [-0.15, -0.1) is 0 Å². The molecule has 0 spiro atoms. The average Bonchev–Trinajstić information content (AvgIpc) is 2.83. The van der Waals surface area contributed by atoms with E-state index in [1.54, 1.807) is 0 Å². The Morgan fingerprint density at radius 3 is 2.50 bits per heavy atom. The number of methoxy groups -OCH3 is 1. The summed E-state index contributed by atoms with van der Waals surface area (Å²) in [6, 6.07) is 1.22. The first-order valence-electron chi connectivity index (χ1n) is 5.98. The zero-order chi connectivity index (χ0) is 13.3. The monoisotopic (exact) mass is 319 g/mol. The standard InChI is InChI=1S/C13H16BrF2NO/c1-18-9-6-8(15)10(12(16)11(9)14)13(7-17)4-2-3-5-13/h6H,2-5,7,17H2,1H3. The molecule has 1 aromatic carbocycles. The van der Waals surface area contributed by atoms with Gasteiger partial charge in [0.25, 0.3) is 0 Å². The molecule has 0 heterocycles. The number of rotatable bonds is 3. The van der Waals surface area contributed by atoms with Crippen molar-refractivity contribution in [3.05, 3.63) is 27.7 Å². The van der Waals surface area contributed by atoms with Crippen LogP contribution in [0.1, 0.15) is 31.2 Å². The zero-order valence-electron chi connectivity index (χ0n) is 10.2. The van der Waals surface area contributed by atoms with Crippen molar-refractivity contribution in [3.8, 4) is 5.75 Å². The van der Waals surface area contributed by atoms with Crippen molar-refractivity contribution in [3.63, 3.8) is 0 Å². The Hall–Kier alpha value is -0.680. The molecule has 0 radical (unpaired) electrons. The molecule has 0 saturated heterocycles. The van der Waals surface area contributed by atoms with Crippen LogP contribution in [-0.2, 0) is 5.41 Å². The van der Waals surface area contributed by atoms with Crippen molar-refractivity contribution >= 4 is 15.9 Å². The van der Waals surface area contributed by atoms with E-state index in [1.165, 1.54) is 13.2 Å². The van der Waals surface area contributed by atoms with Gasteiger partial charge in [0.15, 0.2) is 0 Å². The van der Waals surface area contributed by atoms with E-state index in [9.17, 15) is 8.78 Å². The minimum Gasteiger partial charge on any atom is -0.495 e. The highest BCUT2D eigenvalue weighted by molar-refractivity contribution is 9.10. The van der Waals surface area contributed by atoms with Gasteiger partial charge in [0.1, 0.15) is 17.4 Å². The number of ether oxygens (including phenoxy) is 1. The van der Waals surface area contributed by atoms with E-state index < -0.39 is 17.0 Å². The summed E-state index contributed by atoms with van der Waals surface area (Å²) < 4.78 is 33.6. The quantitative estimate of drug-likeness (QED) is 0.865. The average molecular weight is 320 g/mol. The number of hydrogen-bond acceptors (Lipinski definition) is 2. The number of halogens is 3. The lowest BCUT2D eigenvalue weighted by molar-refractivity contribution is 0.377. The molecule has 1 saturated carbocycles. The SMILES string of the molecule is COc1cc(F)c(C2(CN)CCCC2)c(F)c1Br. The Kier molecular flexibility index (Phi) is 3.92. The van der Waals surface area contributed by atoms with Crippen molar-refractivity contribution in [1.29, 1.82) is 0 Å². The highest BCUT2D eigenvalue weighted by Gasteiger charge is 2.40. The van der Waals surface area contributed by atoms with Gasteiger partial charge >= 0.3 is 0 Å². The first-order valence-corrected chi connectivity index (χ1v) is 6.77. The highest BCUT2D eigenvalue weighted by atomic mass is 79.9. The molecule has 1 aromatic rings. The van der Waals surface area contributed by atoms with E-state index in [0.717, 1.165) is 25.7 Å². The van der Waals surface area contributed by atoms with E-state index in [-0.39, 0.29) is 22.3 Å². The van der Waals surface area contributed by atoms with Gasteiger partial charge in [-0.1, -0.05) is 12.8 Å². The van der Waals surface area contributed by atoms with E-state index in [2.05, 4.69) is 15.9 Å². The molecule has 0 atom stereocenters. The van der Waals surface area contributed by atoms with Crippen LogP contribution in [0.25, 0.3) is 0 Å². The maximum absolute atomic E-state index is 14.4. The van der Waals surface area contributed by atoms with Gasteiger partial charge < -0.3 is 10.5 Å². The van der Waals surface area contributed by atoms with Crippen molar-refractivity contribution in [1.82, 2.24) is 0 Å². The molecule has 5 heteroatoms. The lowest BCUT2D eigenvalue weighted by Crippen LogP contribution is -2.34. The van der Waals surface area contributed by atoms with E-state index in [4.69, 9.17) is 10.5 Å². The molecule has 100 valence electrons. The maximum atomic E-state index is 14.4. The second-order valence-corrected chi connectivity index (χ2v) is 5.55. The van der Waals surface area contributed by atoms with Gasteiger partial charge in [0.2, 0.25) is 0 Å². The maximum Gasteiger partial charge on any atom is 0.147 e. The summed E-state index contributed by atoms with van der Waals surface area (Å²) in [4.78, 5) is 0. The number of nitrogens with two attached hydrogens (primary N) is 1. The first kappa shape index (κ1) is 13.7. The molecule has 0 bridgehead atoms. The molecule has 0 amide bonds. The van der Waals surface area contributed by atoms with Crippen LogP contribution in [0.4, 0.5) is 8.78 Å². The topological polar surface area (TPSA) is 35.2 Å². The Morgan fingerprint density at radius 2 is 2.00 bits per heavy atom. The third-order valence-electron chi connectivity index (χ3n) is 3.83. The van der Waals surface area contributed by atoms with Gasteiger partial charge in [0, 0.05) is 23.6 Å². The van der Waals surface area contributed by atoms with Gasteiger partial charge in [-0.3, -0.25) is 0 Å². The molecule has 1 aliphatic carbocycles. The molecule has 2 rings (SSSR count). The Labute approximate surface area is 114 Å². The molecule has 0 aromatic heterocycles. The molecule has 2 N–H and O–H groups in total. The fourth-order valence-electron chi connectivity index (χ4n) is 2.82. The van der Waals surface area contributed by atoms with Gasteiger partial charge in [-0.2, -0.15) is 0 Å². The van der Waals surface area contributed by atoms with E-state index >= 15 is 0 Å². The summed E-state index contributed by atoms with van der Waals surface area (Å²) in [5.41, 5.74) is 5.32. The lowest BCUT2D eigenvalue weighted by atomic mass is 9.78. The second kappa shape index (κ2) is 5.13.